The highest BCUT2D eigenvalue weighted by Crippen LogP contribution is 2.13. The van der Waals surface area contributed by atoms with E-state index in [2.05, 4.69) is 54.0 Å². The van der Waals surface area contributed by atoms with Crippen LogP contribution in [0.25, 0.3) is 0 Å². The first-order chi connectivity index (χ1) is 13.8. The highest BCUT2D eigenvalue weighted by molar-refractivity contribution is 5.79. The van der Waals surface area contributed by atoms with E-state index in [1.54, 1.807) is 0 Å². The standard InChI is InChI=1S/C23H31N3O2/c1-2-24-23(26-16-22-13-8-14-28-22)25-15-20-11-6-7-12-21(20)18-27-17-19-9-4-3-5-10-19/h3-7,9-12,22H,2,8,13-18H2,1H3,(H2,24,25,26). The number of ether oxygens (including phenoxy) is 2. The number of hydrogen-bond donors (Lipinski definition) is 2. The fourth-order valence-electron chi connectivity index (χ4n) is 3.23. The Balaban J connectivity index is 1.54. The van der Waals surface area contributed by atoms with Gasteiger partial charge < -0.3 is 20.1 Å². The zero-order chi connectivity index (χ0) is 19.4. The molecule has 5 nitrogen and oxygen atoms in total. The van der Waals surface area contributed by atoms with Gasteiger partial charge in [-0.25, -0.2) is 4.99 Å². The van der Waals surface area contributed by atoms with Crippen LogP contribution in [0.4, 0.5) is 0 Å². The molecule has 1 fully saturated rings. The fraction of sp³-hybridized carbons (Fsp3) is 0.435. The number of nitrogens with one attached hydrogen (secondary N) is 2. The van der Waals surface area contributed by atoms with Crippen molar-refractivity contribution in [1.82, 2.24) is 10.6 Å². The van der Waals surface area contributed by atoms with Crippen LogP contribution in [0.15, 0.2) is 59.6 Å². The minimum absolute atomic E-state index is 0.294. The van der Waals surface area contributed by atoms with Gasteiger partial charge in [0.25, 0.3) is 0 Å². The minimum atomic E-state index is 0.294. The highest BCUT2D eigenvalue weighted by atomic mass is 16.5. The number of benzene rings is 2. The van der Waals surface area contributed by atoms with Crippen LogP contribution in [0, 0.1) is 0 Å². The molecule has 0 amide bonds. The summed E-state index contributed by atoms with van der Waals surface area (Å²) in [6.07, 6.45) is 2.56. The van der Waals surface area contributed by atoms with Crippen LogP contribution in [0.1, 0.15) is 36.5 Å². The first kappa shape index (κ1) is 20.4. The van der Waals surface area contributed by atoms with Gasteiger partial charge >= 0.3 is 0 Å². The summed E-state index contributed by atoms with van der Waals surface area (Å²) >= 11 is 0. The van der Waals surface area contributed by atoms with E-state index in [1.807, 2.05) is 18.2 Å². The average molecular weight is 382 g/mol. The number of guanidine groups is 1. The lowest BCUT2D eigenvalue weighted by atomic mass is 10.1. The van der Waals surface area contributed by atoms with Gasteiger partial charge in [-0.2, -0.15) is 0 Å². The molecule has 3 rings (SSSR count). The van der Waals surface area contributed by atoms with Gasteiger partial charge in [0.15, 0.2) is 5.96 Å². The van der Waals surface area contributed by atoms with Crippen LogP contribution in [-0.4, -0.2) is 31.8 Å². The molecule has 1 aliphatic rings. The molecule has 2 N–H and O–H groups in total. The molecule has 5 heteroatoms. The fourth-order valence-corrected chi connectivity index (χ4v) is 3.23. The van der Waals surface area contributed by atoms with Gasteiger partial charge in [-0.05, 0) is 36.5 Å². The van der Waals surface area contributed by atoms with Crippen LogP contribution in [0.3, 0.4) is 0 Å². The molecule has 1 saturated heterocycles. The Hall–Kier alpha value is -2.37. The quantitative estimate of drug-likeness (QED) is 0.514. The predicted molar refractivity (Wildman–Crippen MR) is 113 cm³/mol. The molecule has 150 valence electrons. The second-order valence-electron chi connectivity index (χ2n) is 6.96. The van der Waals surface area contributed by atoms with E-state index in [0.29, 0.717) is 25.9 Å². The minimum Gasteiger partial charge on any atom is -0.376 e. The first-order valence-corrected chi connectivity index (χ1v) is 10.2. The zero-order valence-corrected chi connectivity index (χ0v) is 16.7. The van der Waals surface area contributed by atoms with E-state index in [4.69, 9.17) is 14.5 Å². The van der Waals surface area contributed by atoms with Crippen LogP contribution in [-0.2, 0) is 29.2 Å². The van der Waals surface area contributed by atoms with Crippen molar-refractivity contribution in [3.63, 3.8) is 0 Å². The Kier molecular flexibility index (Phi) is 8.34. The van der Waals surface area contributed by atoms with Crippen LogP contribution in [0.5, 0.6) is 0 Å². The maximum atomic E-state index is 5.92. The number of nitrogens with zero attached hydrogens (tertiary/aromatic N) is 1. The zero-order valence-electron chi connectivity index (χ0n) is 16.7. The molecule has 2 aromatic rings. The Bertz CT molecular complexity index is 728. The van der Waals surface area contributed by atoms with E-state index in [0.717, 1.165) is 38.5 Å². The molecular weight excluding hydrogens is 350 g/mol. The Morgan fingerprint density at radius 2 is 1.82 bits per heavy atom. The Morgan fingerprint density at radius 3 is 2.57 bits per heavy atom. The molecule has 1 aliphatic heterocycles. The first-order valence-electron chi connectivity index (χ1n) is 10.2. The van der Waals surface area contributed by atoms with Crippen molar-refractivity contribution in [2.24, 2.45) is 4.99 Å². The average Bonchev–Trinajstić information content (AvgIpc) is 3.25. The summed E-state index contributed by atoms with van der Waals surface area (Å²) in [6.45, 7) is 6.40. The van der Waals surface area contributed by atoms with Crippen molar-refractivity contribution in [1.29, 1.82) is 0 Å². The molecule has 0 aromatic heterocycles. The molecule has 0 aliphatic carbocycles. The Morgan fingerprint density at radius 1 is 1.04 bits per heavy atom. The van der Waals surface area contributed by atoms with Gasteiger partial charge in [-0.3, -0.25) is 0 Å². The van der Waals surface area contributed by atoms with E-state index >= 15 is 0 Å². The highest BCUT2D eigenvalue weighted by Gasteiger charge is 2.15. The third-order valence-corrected chi connectivity index (χ3v) is 4.76. The smallest absolute Gasteiger partial charge is 0.191 e. The van der Waals surface area contributed by atoms with Crippen molar-refractivity contribution >= 4 is 5.96 Å². The maximum Gasteiger partial charge on any atom is 0.191 e. The molecule has 0 saturated carbocycles. The van der Waals surface area contributed by atoms with Crippen LogP contribution < -0.4 is 10.6 Å². The molecule has 0 spiro atoms. The summed E-state index contributed by atoms with van der Waals surface area (Å²) < 4.78 is 11.6. The summed E-state index contributed by atoms with van der Waals surface area (Å²) in [5, 5.41) is 6.71. The second kappa shape index (κ2) is 11.5. The molecule has 1 unspecified atom stereocenters. The lowest BCUT2D eigenvalue weighted by molar-refractivity contribution is 0.106. The third kappa shape index (κ3) is 6.66. The van der Waals surface area contributed by atoms with E-state index in [-0.39, 0.29) is 0 Å². The molecule has 1 heterocycles. The summed E-state index contributed by atoms with van der Waals surface area (Å²) in [7, 11) is 0. The van der Waals surface area contributed by atoms with Crippen molar-refractivity contribution < 1.29 is 9.47 Å². The number of aliphatic imine (C=N–C) groups is 1. The van der Waals surface area contributed by atoms with Gasteiger partial charge in [0.2, 0.25) is 0 Å². The monoisotopic (exact) mass is 381 g/mol. The van der Waals surface area contributed by atoms with Gasteiger partial charge in [0, 0.05) is 19.7 Å². The van der Waals surface area contributed by atoms with Crippen molar-refractivity contribution in [3.8, 4) is 0 Å². The summed E-state index contributed by atoms with van der Waals surface area (Å²) in [5.41, 5.74) is 3.55. The molecule has 2 aromatic carbocycles. The molecule has 28 heavy (non-hydrogen) atoms. The lowest BCUT2D eigenvalue weighted by Crippen LogP contribution is -2.41. The maximum absolute atomic E-state index is 5.92. The largest absolute Gasteiger partial charge is 0.376 e. The SMILES string of the molecule is CCNC(=NCc1ccccc1COCc1ccccc1)NCC1CCCO1. The van der Waals surface area contributed by atoms with E-state index in [9.17, 15) is 0 Å². The summed E-state index contributed by atoms with van der Waals surface area (Å²) in [5.74, 6) is 0.831. The molecule has 0 bridgehead atoms. The molecular formula is C23H31N3O2. The van der Waals surface area contributed by atoms with Crippen LogP contribution >= 0.6 is 0 Å². The van der Waals surface area contributed by atoms with Gasteiger partial charge in [-0.15, -0.1) is 0 Å². The van der Waals surface area contributed by atoms with E-state index in [1.165, 1.54) is 16.7 Å². The van der Waals surface area contributed by atoms with Crippen molar-refractivity contribution in [2.45, 2.75) is 45.6 Å². The third-order valence-electron chi connectivity index (χ3n) is 4.76. The normalized spacial score (nSPS) is 16.9. The summed E-state index contributed by atoms with van der Waals surface area (Å²) in [4.78, 5) is 4.75. The lowest BCUT2D eigenvalue weighted by Gasteiger charge is -2.15. The van der Waals surface area contributed by atoms with Gasteiger partial charge in [-0.1, -0.05) is 54.6 Å². The predicted octanol–water partition coefficient (Wildman–Crippen LogP) is 3.64. The topological polar surface area (TPSA) is 54.9 Å². The second-order valence-corrected chi connectivity index (χ2v) is 6.96. The number of rotatable bonds is 9. The van der Waals surface area contributed by atoms with Crippen LogP contribution in [0.2, 0.25) is 0 Å². The Labute approximate surface area is 168 Å². The van der Waals surface area contributed by atoms with Gasteiger partial charge in [0.05, 0.1) is 25.9 Å². The van der Waals surface area contributed by atoms with Gasteiger partial charge in [0.1, 0.15) is 0 Å². The number of hydrogen-bond acceptors (Lipinski definition) is 3. The molecule has 1 atom stereocenters. The van der Waals surface area contributed by atoms with Crippen molar-refractivity contribution in [3.05, 3.63) is 71.3 Å². The van der Waals surface area contributed by atoms with Crippen molar-refractivity contribution in [2.75, 3.05) is 19.7 Å². The summed E-state index contributed by atoms with van der Waals surface area (Å²) in [6, 6.07) is 18.6. The molecule has 0 radical (unpaired) electrons. The van der Waals surface area contributed by atoms with E-state index < -0.39 is 0 Å².